The number of hydrogen-bond acceptors (Lipinski definition) is 6. The van der Waals surface area contributed by atoms with Crippen molar-refractivity contribution in [3.8, 4) is 0 Å². The van der Waals surface area contributed by atoms with E-state index in [2.05, 4.69) is 9.98 Å². The minimum atomic E-state index is 0.510. The lowest BCUT2D eigenvalue weighted by molar-refractivity contribution is 0.562. The summed E-state index contributed by atoms with van der Waals surface area (Å²) in [6.45, 7) is 0. The molecule has 0 saturated heterocycles. The number of nitrogens with one attached hydrogen (secondary N) is 1. The molecule has 6 heteroatoms. The quantitative estimate of drug-likeness (QED) is 0.657. The molecule has 0 unspecified atom stereocenters. The molecule has 0 aliphatic carbocycles. The standard InChI is InChI=1S/C12H6N2O2.CHNO/c15-7-13-11-5-1-3-9-10(11)4-2-6-12(9)14-8-16;2-1-3/h1-6H;2H. The highest BCUT2D eigenvalue weighted by Gasteiger charge is 2.03. The van der Waals surface area contributed by atoms with E-state index in [-0.39, 0.29) is 0 Å². The fourth-order valence-electron chi connectivity index (χ4n) is 1.57. The van der Waals surface area contributed by atoms with E-state index in [0.717, 1.165) is 16.9 Å². The van der Waals surface area contributed by atoms with E-state index in [1.807, 2.05) is 0 Å². The van der Waals surface area contributed by atoms with E-state index in [9.17, 15) is 9.59 Å². The second-order valence-electron chi connectivity index (χ2n) is 3.16. The fraction of sp³-hybridized carbons (Fsp3) is 0. The first-order valence-electron chi connectivity index (χ1n) is 4.99. The summed E-state index contributed by atoms with van der Waals surface area (Å²) in [6, 6.07) is 10.5. The lowest BCUT2D eigenvalue weighted by Gasteiger charge is -2.02. The lowest BCUT2D eigenvalue weighted by atomic mass is 10.1. The van der Waals surface area contributed by atoms with Crippen molar-refractivity contribution in [2.75, 3.05) is 0 Å². The van der Waals surface area contributed by atoms with E-state index < -0.39 is 0 Å². The van der Waals surface area contributed by atoms with Gasteiger partial charge in [-0.1, -0.05) is 24.3 Å². The average molecular weight is 253 g/mol. The van der Waals surface area contributed by atoms with Gasteiger partial charge in [0.1, 0.15) is 0 Å². The molecule has 0 aliphatic rings. The van der Waals surface area contributed by atoms with Gasteiger partial charge in [-0.05, 0) is 12.1 Å². The molecular weight excluding hydrogens is 246 g/mol. The van der Waals surface area contributed by atoms with Crippen molar-refractivity contribution in [2.45, 2.75) is 0 Å². The highest BCUT2D eigenvalue weighted by atomic mass is 16.1. The van der Waals surface area contributed by atoms with Crippen LogP contribution in [0.25, 0.3) is 10.8 Å². The van der Waals surface area contributed by atoms with Gasteiger partial charge in [0.2, 0.25) is 18.2 Å². The van der Waals surface area contributed by atoms with Crippen LogP contribution >= 0.6 is 0 Å². The first-order chi connectivity index (χ1) is 9.28. The first-order valence-corrected chi connectivity index (χ1v) is 4.99. The highest BCUT2D eigenvalue weighted by Crippen LogP contribution is 2.31. The third kappa shape index (κ3) is 3.40. The Kier molecular flexibility index (Phi) is 5.28. The van der Waals surface area contributed by atoms with Crippen molar-refractivity contribution in [2.24, 2.45) is 9.98 Å². The number of rotatable bonds is 2. The lowest BCUT2D eigenvalue weighted by Crippen LogP contribution is -1.75. The molecule has 0 aliphatic heterocycles. The maximum atomic E-state index is 10.3. The Bertz CT molecular complexity index is 664. The van der Waals surface area contributed by atoms with Crippen molar-refractivity contribution >= 4 is 40.4 Å². The molecule has 19 heavy (non-hydrogen) atoms. The van der Waals surface area contributed by atoms with Crippen molar-refractivity contribution in [3.05, 3.63) is 36.4 Å². The summed E-state index contributed by atoms with van der Waals surface area (Å²) in [6.07, 6.45) is 3.74. The first kappa shape index (κ1) is 13.9. The van der Waals surface area contributed by atoms with E-state index in [4.69, 9.17) is 10.2 Å². The SMILES string of the molecule is N=C=O.O=C=Nc1cccc2c(N=C=O)cccc12. The van der Waals surface area contributed by atoms with Gasteiger partial charge in [-0.3, -0.25) is 0 Å². The number of hydrogen-bond donors (Lipinski definition) is 1. The third-order valence-electron chi connectivity index (χ3n) is 2.21. The summed E-state index contributed by atoms with van der Waals surface area (Å²) >= 11 is 0. The summed E-state index contributed by atoms with van der Waals surface area (Å²) in [4.78, 5) is 36.0. The Morgan fingerprint density at radius 2 is 1.16 bits per heavy atom. The molecule has 1 N–H and O–H groups in total. The van der Waals surface area contributed by atoms with Gasteiger partial charge >= 0.3 is 0 Å². The van der Waals surface area contributed by atoms with Crippen molar-refractivity contribution < 1.29 is 14.4 Å². The number of nitrogens with zero attached hydrogens (tertiary/aromatic N) is 2. The summed E-state index contributed by atoms with van der Waals surface area (Å²) in [5, 5.41) is 6.91. The minimum Gasteiger partial charge on any atom is -0.222 e. The molecule has 0 spiro atoms. The van der Waals surface area contributed by atoms with Crippen LogP contribution in [0.1, 0.15) is 0 Å². The van der Waals surface area contributed by atoms with E-state index >= 15 is 0 Å². The van der Waals surface area contributed by atoms with Gasteiger partial charge in [0.05, 0.1) is 11.4 Å². The average Bonchev–Trinajstić information content (AvgIpc) is 2.41. The number of benzene rings is 2. The molecule has 0 radical (unpaired) electrons. The van der Waals surface area contributed by atoms with Crippen LogP contribution < -0.4 is 0 Å². The van der Waals surface area contributed by atoms with Crippen LogP contribution in [0.3, 0.4) is 0 Å². The van der Waals surface area contributed by atoms with Crippen molar-refractivity contribution in [1.82, 2.24) is 0 Å². The predicted molar refractivity (Wildman–Crippen MR) is 67.9 cm³/mol. The Hall–Kier alpha value is -3.16. The van der Waals surface area contributed by atoms with Crippen LogP contribution in [-0.4, -0.2) is 18.2 Å². The molecule has 0 fully saturated rings. The summed E-state index contributed by atoms with van der Waals surface area (Å²) in [5.74, 6) is 0. The maximum Gasteiger partial charge on any atom is 0.240 e. The number of isocyanates is 3. The fourth-order valence-corrected chi connectivity index (χ4v) is 1.57. The summed E-state index contributed by atoms with van der Waals surface area (Å²) in [7, 11) is 0. The van der Waals surface area contributed by atoms with Gasteiger partial charge in [-0.25, -0.2) is 19.8 Å². The molecule has 92 valence electrons. The third-order valence-corrected chi connectivity index (χ3v) is 2.21. The molecule has 0 atom stereocenters. The van der Waals surface area contributed by atoms with E-state index in [0.29, 0.717) is 11.4 Å². The van der Waals surface area contributed by atoms with Crippen molar-refractivity contribution in [1.29, 1.82) is 5.41 Å². The molecule has 0 amide bonds. The van der Waals surface area contributed by atoms with E-state index in [1.54, 1.807) is 36.4 Å². The number of carbonyl (C=O) groups excluding carboxylic acids is 3. The Labute approximate surface area is 107 Å². The number of aliphatic imine (C=N–C) groups is 2. The van der Waals surface area contributed by atoms with Crippen molar-refractivity contribution in [3.63, 3.8) is 0 Å². The van der Waals surface area contributed by atoms with Gasteiger partial charge in [0, 0.05) is 10.8 Å². The maximum absolute atomic E-state index is 10.3. The van der Waals surface area contributed by atoms with E-state index in [1.165, 1.54) is 12.2 Å². The molecule has 0 aromatic heterocycles. The molecule has 0 saturated carbocycles. The largest absolute Gasteiger partial charge is 0.240 e. The Morgan fingerprint density at radius 3 is 1.47 bits per heavy atom. The van der Waals surface area contributed by atoms with Crippen LogP contribution in [-0.2, 0) is 14.4 Å². The molecule has 2 rings (SSSR count). The second-order valence-corrected chi connectivity index (χ2v) is 3.16. The zero-order valence-electron chi connectivity index (χ0n) is 9.58. The molecule has 0 heterocycles. The number of fused-ring (bicyclic) bond motifs is 1. The molecule has 2 aromatic rings. The van der Waals surface area contributed by atoms with Gasteiger partial charge in [-0.2, -0.15) is 9.98 Å². The zero-order chi connectivity index (χ0) is 14.1. The summed E-state index contributed by atoms with van der Waals surface area (Å²) < 4.78 is 0. The van der Waals surface area contributed by atoms with Crippen LogP contribution in [0.4, 0.5) is 11.4 Å². The van der Waals surface area contributed by atoms with Gasteiger partial charge in [0.25, 0.3) is 0 Å². The highest BCUT2D eigenvalue weighted by molar-refractivity contribution is 6.00. The molecular formula is C13H7N3O3. The monoisotopic (exact) mass is 253 g/mol. The zero-order valence-corrected chi connectivity index (χ0v) is 9.58. The van der Waals surface area contributed by atoms with Crippen LogP contribution in [0, 0.1) is 5.41 Å². The molecule has 2 aromatic carbocycles. The molecule has 0 bridgehead atoms. The smallest absolute Gasteiger partial charge is 0.222 e. The predicted octanol–water partition coefficient (Wildman–Crippen LogP) is 2.68. The molecule has 6 nitrogen and oxygen atoms in total. The topological polar surface area (TPSA) is 99.8 Å². The van der Waals surface area contributed by atoms with Crippen LogP contribution in [0.2, 0.25) is 0 Å². The van der Waals surface area contributed by atoms with Crippen LogP contribution in [0.5, 0.6) is 0 Å². The van der Waals surface area contributed by atoms with Crippen LogP contribution in [0.15, 0.2) is 46.4 Å². The van der Waals surface area contributed by atoms with Gasteiger partial charge < -0.3 is 0 Å². The Balaban J connectivity index is 0.000000550. The van der Waals surface area contributed by atoms with Gasteiger partial charge in [0.15, 0.2) is 0 Å². The minimum absolute atomic E-state index is 0.510. The van der Waals surface area contributed by atoms with Gasteiger partial charge in [-0.15, -0.1) is 0 Å². The summed E-state index contributed by atoms with van der Waals surface area (Å²) in [5.41, 5.74) is 1.02. The normalized spacial score (nSPS) is 8.21. The Morgan fingerprint density at radius 1 is 0.789 bits per heavy atom. The second kappa shape index (κ2) is 7.22.